The van der Waals surface area contributed by atoms with Crippen LogP contribution < -0.4 is 15.8 Å². The number of hydrogen-bond donors (Lipinski definition) is 2. The van der Waals surface area contributed by atoms with Gasteiger partial charge < -0.3 is 15.8 Å². The van der Waals surface area contributed by atoms with Gasteiger partial charge >= 0.3 is 0 Å². The molecule has 0 saturated carbocycles. The van der Waals surface area contributed by atoms with E-state index in [1.807, 2.05) is 0 Å². The van der Waals surface area contributed by atoms with Gasteiger partial charge in [-0.2, -0.15) is 0 Å². The third-order valence-corrected chi connectivity index (χ3v) is 3.00. The van der Waals surface area contributed by atoms with Gasteiger partial charge in [0.25, 0.3) is 0 Å². The van der Waals surface area contributed by atoms with Crippen LogP contribution in [0.1, 0.15) is 19.4 Å². The highest BCUT2D eigenvalue weighted by atomic mass is 19.1. The standard InChI is InChI=1S/C16H18F2N2O/c1-9(2)21-16-8-15(13(19)7-12(16)18)20-14-6-4-5-11(17)10(14)3/h4-9,20H,19H2,1-3H3. The van der Waals surface area contributed by atoms with Crippen molar-refractivity contribution in [3.8, 4) is 5.75 Å². The summed E-state index contributed by atoms with van der Waals surface area (Å²) in [4.78, 5) is 0. The van der Waals surface area contributed by atoms with E-state index < -0.39 is 5.82 Å². The van der Waals surface area contributed by atoms with Gasteiger partial charge in [-0.15, -0.1) is 0 Å². The van der Waals surface area contributed by atoms with Gasteiger partial charge in [0.15, 0.2) is 11.6 Å². The fourth-order valence-electron chi connectivity index (χ4n) is 1.91. The minimum atomic E-state index is -0.525. The summed E-state index contributed by atoms with van der Waals surface area (Å²) in [6, 6.07) is 7.37. The highest BCUT2D eigenvalue weighted by molar-refractivity contribution is 5.75. The Morgan fingerprint density at radius 2 is 1.81 bits per heavy atom. The monoisotopic (exact) mass is 292 g/mol. The van der Waals surface area contributed by atoms with Gasteiger partial charge in [0.05, 0.1) is 17.5 Å². The van der Waals surface area contributed by atoms with Crippen LogP contribution in [0.15, 0.2) is 30.3 Å². The molecule has 2 rings (SSSR count). The van der Waals surface area contributed by atoms with Crippen molar-refractivity contribution in [2.24, 2.45) is 0 Å². The summed E-state index contributed by atoms with van der Waals surface area (Å²) in [5.74, 6) is -0.738. The summed E-state index contributed by atoms with van der Waals surface area (Å²) < 4.78 is 32.7. The molecule has 0 aliphatic heterocycles. The van der Waals surface area contributed by atoms with Gasteiger partial charge in [0.1, 0.15) is 5.82 Å². The molecule has 0 heterocycles. The van der Waals surface area contributed by atoms with Crippen LogP contribution in [0, 0.1) is 18.6 Å². The molecule has 0 amide bonds. The summed E-state index contributed by atoms with van der Waals surface area (Å²) in [7, 11) is 0. The fourth-order valence-corrected chi connectivity index (χ4v) is 1.91. The molecule has 21 heavy (non-hydrogen) atoms. The van der Waals surface area contributed by atoms with Crippen molar-refractivity contribution in [1.29, 1.82) is 0 Å². The van der Waals surface area contributed by atoms with Gasteiger partial charge in [-0.25, -0.2) is 8.78 Å². The molecule has 0 aliphatic rings. The van der Waals surface area contributed by atoms with E-state index in [9.17, 15) is 8.78 Å². The van der Waals surface area contributed by atoms with Crippen molar-refractivity contribution in [1.82, 2.24) is 0 Å². The Balaban J connectivity index is 2.37. The molecule has 0 fully saturated rings. The maximum absolute atomic E-state index is 13.8. The summed E-state index contributed by atoms with van der Waals surface area (Å²) in [5, 5.41) is 3.01. The summed E-state index contributed by atoms with van der Waals surface area (Å²) in [6.45, 7) is 5.27. The Kier molecular flexibility index (Phi) is 4.31. The van der Waals surface area contributed by atoms with E-state index in [0.717, 1.165) is 0 Å². The topological polar surface area (TPSA) is 47.3 Å². The second-order valence-electron chi connectivity index (χ2n) is 5.07. The van der Waals surface area contributed by atoms with E-state index in [0.29, 0.717) is 16.9 Å². The number of nitrogens with one attached hydrogen (secondary N) is 1. The Bertz CT molecular complexity index is 657. The van der Waals surface area contributed by atoms with Gasteiger partial charge in [-0.1, -0.05) is 6.07 Å². The average Bonchev–Trinajstić information content (AvgIpc) is 2.40. The molecule has 0 atom stereocenters. The minimum Gasteiger partial charge on any atom is -0.488 e. The van der Waals surface area contributed by atoms with E-state index in [1.165, 1.54) is 18.2 Å². The molecule has 0 saturated heterocycles. The van der Waals surface area contributed by atoms with Crippen molar-refractivity contribution in [3.63, 3.8) is 0 Å². The number of rotatable bonds is 4. The Labute approximate surface area is 122 Å². The molecule has 3 N–H and O–H groups in total. The van der Waals surface area contributed by atoms with Gasteiger partial charge in [-0.3, -0.25) is 0 Å². The zero-order valence-electron chi connectivity index (χ0n) is 12.2. The summed E-state index contributed by atoms with van der Waals surface area (Å²) >= 11 is 0. The van der Waals surface area contributed by atoms with Crippen molar-refractivity contribution in [3.05, 3.63) is 47.5 Å². The molecule has 5 heteroatoms. The van der Waals surface area contributed by atoms with E-state index in [1.54, 1.807) is 32.9 Å². The molecular formula is C16H18F2N2O. The van der Waals surface area contributed by atoms with Crippen LogP contribution in [0.5, 0.6) is 5.75 Å². The quantitative estimate of drug-likeness (QED) is 0.822. The van der Waals surface area contributed by atoms with Crippen LogP contribution in [0.4, 0.5) is 25.8 Å². The lowest BCUT2D eigenvalue weighted by Crippen LogP contribution is -2.08. The molecule has 0 aromatic heterocycles. The molecule has 2 aromatic rings. The van der Waals surface area contributed by atoms with Crippen LogP contribution in [-0.4, -0.2) is 6.10 Å². The highest BCUT2D eigenvalue weighted by Crippen LogP contribution is 2.32. The van der Waals surface area contributed by atoms with E-state index in [-0.39, 0.29) is 23.4 Å². The maximum Gasteiger partial charge on any atom is 0.167 e. The lowest BCUT2D eigenvalue weighted by molar-refractivity contribution is 0.231. The first kappa shape index (κ1) is 15.1. The number of anilines is 3. The number of nitrogen functional groups attached to an aromatic ring is 1. The zero-order valence-corrected chi connectivity index (χ0v) is 12.2. The molecule has 2 aromatic carbocycles. The van der Waals surface area contributed by atoms with E-state index in [2.05, 4.69) is 5.32 Å². The number of halogens is 2. The van der Waals surface area contributed by atoms with Crippen molar-refractivity contribution in [2.45, 2.75) is 26.9 Å². The summed E-state index contributed by atoms with van der Waals surface area (Å²) in [6.07, 6.45) is -0.160. The molecule has 0 bridgehead atoms. The minimum absolute atomic E-state index is 0.107. The van der Waals surface area contributed by atoms with Crippen molar-refractivity contribution < 1.29 is 13.5 Å². The fraction of sp³-hybridized carbons (Fsp3) is 0.250. The van der Waals surface area contributed by atoms with E-state index >= 15 is 0 Å². The van der Waals surface area contributed by atoms with Crippen LogP contribution in [-0.2, 0) is 0 Å². The first-order valence-corrected chi connectivity index (χ1v) is 6.66. The smallest absolute Gasteiger partial charge is 0.167 e. The predicted octanol–water partition coefficient (Wildman–Crippen LogP) is 4.39. The molecule has 112 valence electrons. The summed E-state index contributed by atoms with van der Waals surface area (Å²) in [5.41, 5.74) is 7.55. The van der Waals surface area contributed by atoms with Gasteiger partial charge in [-0.05, 0) is 32.9 Å². The Morgan fingerprint density at radius 1 is 1.10 bits per heavy atom. The van der Waals surface area contributed by atoms with Crippen LogP contribution in [0.3, 0.4) is 0 Å². The first-order chi connectivity index (χ1) is 9.88. The maximum atomic E-state index is 13.8. The molecule has 0 radical (unpaired) electrons. The Morgan fingerprint density at radius 3 is 2.48 bits per heavy atom. The Hall–Kier alpha value is -2.30. The predicted molar refractivity (Wildman–Crippen MR) is 81.0 cm³/mol. The SMILES string of the molecule is Cc1c(F)cccc1Nc1cc(OC(C)C)c(F)cc1N. The number of hydrogen-bond acceptors (Lipinski definition) is 3. The first-order valence-electron chi connectivity index (χ1n) is 6.66. The molecule has 0 aliphatic carbocycles. The normalized spacial score (nSPS) is 10.8. The largest absolute Gasteiger partial charge is 0.488 e. The molecule has 3 nitrogen and oxygen atoms in total. The number of ether oxygens (including phenoxy) is 1. The molecule has 0 spiro atoms. The highest BCUT2D eigenvalue weighted by Gasteiger charge is 2.12. The molecular weight excluding hydrogens is 274 g/mol. The van der Waals surface area contributed by atoms with Crippen LogP contribution in [0.25, 0.3) is 0 Å². The van der Waals surface area contributed by atoms with E-state index in [4.69, 9.17) is 10.5 Å². The average molecular weight is 292 g/mol. The van der Waals surface area contributed by atoms with Gasteiger partial charge in [0, 0.05) is 23.4 Å². The van der Waals surface area contributed by atoms with Crippen LogP contribution >= 0.6 is 0 Å². The number of nitrogens with two attached hydrogens (primary N) is 1. The van der Waals surface area contributed by atoms with Crippen molar-refractivity contribution in [2.75, 3.05) is 11.1 Å². The third-order valence-electron chi connectivity index (χ3n) is 3.00. The lowest BCUT2D eigenvalue weighted by Gasteiger charge is -2.16. The third kappa shape index (κ3) is 3.42. The van der Waals surface area contributed by atoms with Crippen molar-refractivity contribution >= 4 is 17.1 Å². The van der Waals surface area contributed by atoms with Crippen LogP contribution in [0.2, 0.25) is 0 Å². The van der Waals surface area contributed by atoms with Gasteiger partial charge in [0.2, 0.25) is 0 Å². The number of benzene rings is 2. The second kappa shape index (κ2) is 5.99. The molecule has 0 unspecified atom stereocenters. The second-order valence-corrected chi connectivity index (χ2v) is 5.07. The lowest BCUT2D eigenvalue weighted by atomic mass is 10.1. The zero-order chi connectivity index (χ0) is 15.6.